The van der Waals surface area contributed by atoms with Gasteiger partial charge in [0.25, 0.3) is 0 Å². The minimum absolute atomic E-state index is 0. The van der Waals surface area contributed by atoms with Crippen LogP contribution in [0.15, 0.2) is 0 Å². The van der Waals surface area contributed by atoms with E-state index in [2.05, 4.69) is 0 Å². The van der Waals surface area contributed by atoms with Crippen LogP contribution >= 0.6 is 0 Å². The smallest absolute Gasteiger partial charge is 2.00 e. The molecule has 0 rings (SSSR count). The van der Waals surface area contributed by atoms with Crippen molar-refractivity contribution >= 4 is 9.29 Å². The zero-order chi connectivity index (χ0) is 2.71. The second-order valence-corrected chi connectivity index (χ2v) is 0.250. The molecule has 0 unspecified atom stereocenters. The summed E-state index contributed by atoms with van der Waals surface area (Å²) in [5, 5.41) is 0. The Morgan fingerprint density at radius 2 is 0.875 bits per heavy atom. The largest absolute Gasteiger partial charge is 4.00 e. The van der Waals surface area contributed by atoms with E-state index in [0.717, 1.165) is 0 Å². The number of rotatable bonds is 0. The quantitative estimate of drug-likeness (QED) is 0.488. The molecule has 0 aromatic carbocycles. The molecule has 8 heteroatoms. The first-order chi connectivity index (χ1) is 1.41. The summed E-state index contributed by atoms with van der Waals surface area (Å²) in [6, 6.07) is 0. The van der Waals surface area contributed by atoms with Gasteiger partial charge < -0.3 is 16.4 Å². The minimum Gasteiger partial charge on any atom is -2.00 e. The van der Waals surface area contributed by atoms with Crippen LogP contribution in [0, 0.1) is 0 Å². The van der Waals surface area contributed by atoms with Crippen LogP contribution < -0.4 is 0 Å². The Morgan fingerprint density at radius 1 is 0.875 bits per heavy atom. The van der Waals surface area contributed by atoms with Crippen molar-refractivity contribution in [2.45, 2.75) is 0 Å². The summed E-state index contributed by atoms with van der Waals surface area (Å²) < 4.78 is 16.8. The molecule has 0 aliphatic carbocycles. The Kier molecular flexibility index (Phi) is 760. The van der Waals surface area contributed by atoms with Crippen LogP contribution in [0.5, 0.6) is 0 Å². The topological polar surface area (TPSA) is 120 Å². The molecule has 0 aromatic rings. The summed E-state index contributed by atoms with van der Waals surface area (Å²) in [4.78, 5) is 0. The zero-order valence-electron chi connectivity index (χ0n) is 3.75. The molecule has 0 spiro atoms. The van der Waals surface area contributed by atoms with Gasteiger partial charge in [-0.2, -0.15) is 0 Å². The third-order valence-electron chi connectivity index (χ3n) is 0. The normalized spacial score (nSPS) is 1.00. The Morgan fingerprint density at radius 3 is 0.875 bits per heavy atom. The van der Waals surface area contributed by atoms with E-state index in [1.807, 2.05) is 0 Å². The molecular weight excluding hydrogens is 221 g/mol. The molecule has 0 saturated heterocycles. The molecule has 0 heterocycles. The molecule has 5 nitrogen and oxygen atoms in total. The molecule has 0 radical (unpaired) electrons. The van der Waals surface area contributed by atoms with Crippen LogP contribution in [-0.4, -0.2) is 9.29 Å². The van der Waals surface area contributed by atoms with E-state index in [-0.39, 0.29) is 57.6 Å². The third-order valence-corrected chi connectivity index (χ3v) is 0. The third kappa shape index (κ3) is 239. The molecular formula is O5SiTiZn. The molecule has 0 atom stereocenters. The van der Waals surface area contributed by atoms with Gasteiger partial charge in [0.2, 0.25) is 0 Å². The maximum Gasteiger partial charge on any atom is 4.00 e. The molecule has 8 heavy (non-hydrogen) atoms. The van der Waals surface area contributed by atoms with Gasteiger partial charge in [-0.3, -0.25) is 8.92 Å². The fourth-order valence-electron chi connectivity index (χ4n) is 0. The molecule has 0 N–H and O–H groups in total. The average Bonchev–Trinajstić information content (AvgIpc) is 0.918. The summed E-state index contributed by atoms with van der Waals surface area (Å²) in [5.41, 5.74) is 0. The van der Waals surface area contributed by atoms with Gasteiger partial charge in [0.05, 0.1) is 0 Å². The van der Waals surface area contributed by atoms with Crippen LogP contribution in [0.4, 0.5) is 0 Å². The van der Waals surface area contributed by atoms with Gasteiger partial charge >= 0.3 is 50.5 Å². The molecule has 0 fully saturated rings. The predicted molar refractivity (Wildman–Crippen MR) is 9.19 cm³/mol. The standard InChI is InChI=1S/O2Si.3O.Ti.Zn/c1-3-2;;;;;/q;3*-2;+4;+2. The summed E-state index contributed by atoms with van der Waals surface area (Å²) in [7, 11) is -1.42. The first-order valence-electron chi connectivity index (χ1n) is 0.408. The molecule has 0 aliphatic heterocycles. The maximum absolute atomic E-state index is 8.40. The van der Waals surface area contributed by atoms with E-state index in [1.165, 1.54) is 0 Å². The summed E-state index contributed by atoms with van der Waals surface area (Å²) in [6.45, 7) is 0. The van der Waals surface area contributed by atoms with Crippen molar-refractivity contribution in [3.8, 4) is 0 Å². The Labute approximate surface area is 75.7 Å². The van der Waals surface area contributed by atoms with Gasteiger partial charge in [0.1, 0.15) is 0 Å². The van der Waals surface area contributed by atoms with Crippen LogP contribution in [0.2, 0.25) is 0 Å². The van der Waals surface area contributed by atoms with Crippen molar-refractivity contribution in [1.82, 2.24) is 0 Å². The van der Waals surface area contributed by atoms with Gasteiger partial charge in [-0.1, -0.05) is 0 Å². The molecule has 0 bridgehead atoms. The molecule has 0 aliphatic rings. The van der Waals surface area contributed by atoms with Crippen molar-refractivity contribution in [2.75, 3.05) is 0 Å². The molecule has 0 aromatic heterocycles. The van der Waals surface area contributed by atoms with Crippen molar-refractivity contribution in [3.05, 3.63) is 0 Å². The first-order valence-corrected chi connectivity index (χ1v) is 1.22. The number of hydrogen-bond acceptors (Lipinski definition) is 2. The van der Waals surface area contributed by atoms with Gasteiger partial charge in [0, 0.05) is 0 Å². The molecule has 40 valence electrons. The number of hydrogen-bond donors (Lipinski definition) is 0. The first kappa shape index (κ1) is 63.3. The van der Waals surface area contributed by atoms with Crippen LogP contribution in [0.3, 0.4) is 0 Å². The summed E-state index contributed by atoms with van der Waals surface area (Å²) in [5.74, 6) is 0. The Hall–Kier alpha value is 1.03. The van der Waals surface area contributed by atoms with Crippen LogP contribution in [-0.2, 0) is 66.5 Å². The van der Waals surface area contributed by atoms with E-state index >= 15 is 0 Å². The van der Waals surface area contributed by atoms with Gasteiger partial charge in [-0.25, -0.2) is 0 Å². The zero-order valence-corrected chi connectivity index (χ0v) is 9.28. The fourth-order valence-corrected chi connectivity index (χ4v) is 0. The predicted octanol–water partition coefficient (Wildman–Crippen LogP) is -0.980. The van der Waals surface area contributed by atoms with Crippen LogP contribution in [0.1, 0.15) is 0 Å². The molecule has 0 saturated carbocycles. The van der Waals surface area contributed by atoms with E-state index < -0.39 is 9.29 Å². The van der Waals surface area contributed by atoms with Gasteiger partial charge in [0.15, 0.2) is 0 Å². The summed E-state index contributed by atoms with van der Waals surface area (Å²) >= 11 is 0. The van der Waals surface area contributed by atoms with Gasteiger partial charge in [-0.15, -0.1) is 0 Å². The van der Waals surface area contributed by atoms with Crippen LogP contribution in [0.25, 0.3) is 0 Å². The second kappa shape index (κ2) is 96.1. The van der Waals surface area contributed by atoms with Crippen molar-refractivity contribution < 1.29 is 66.5 Å². The maximum atomic E-state index is 8.40. The summed E-state index contributed by atoms with van der Waals surface area (Å²) in [6.07, 6.45) is 0. The fraction of sp³-hybridized carbons (Fsp3) is 0. The van der Waals surface area contributed by atoms with E-state index in [0.29, 0.717) is 0 Å². The molecule has 0 amide bonds. The minimum atomic E-state index is -1.42. The van der Waals surface area contributed by atoms with E-state index in [9.17, 15) is 0 Å². The van der Waals surface area contributed by atoms with Crippen molar-refractivity contribution in [2.24, 2.45) is 0 Å². The van der Waals surface area contributed by atoms with Crippen molar-refractivity contribution in [3.63, 3.8) is 0 Å². The average molecular weight is 221 g/mol. The monoisotopic (exact) mass is 220 g/mol. The van der Waals surface area contributed by atoms with Gasteiger partial charge in [-0.05, 0) is 0 Å². The van der Waals surface area contributed by atoms with Crippen molar-refractivity contribution in [1.29, 1.82) is 0 Å². The SMILES string of the molecule is O=[Si]=O.[O-2].[O-2].[O-2].[Ti+4].[Zn+2]. The van der Waals surface area contributed by atoms with E-state index in [4.69, 9.17) is 8.92 Å². The second-order valence-electron chi connectivity index (χ2n) is 0.0833. The van der Waals surface area contributed by atoms with E-state index in [1.54, 1.807) is 0 Å². The Balaban J connectivity index is -0.00000000200. The Bertz CT molecular complexity index is 33.4.